The Kier molecular flexibility index (Phi) is 6.93. The summed E-state index contributed by atoms with van der Waals surface area (Å²) in [5.41, 5.74) is 0.0455. The highest BCUT2D eigenvalue weighted by Gasteiger charge is 2.38. The molecule has 1 aliphatic carbocycles. The Hall–Kier alpha value is -2.70. The summed E-state index contributed by atoms with van der Waals surface area (Å²) in [7, 11) is -3.83. The van der Waals surface area contributed by atoms with Gasteiger partial charge in [-0.05, 0) is 62.4 Å². The van der Waals surface area contributed by atoms with Gasteiger partial charge in [-0.2, -0.15) is 18.3 Å². The topological polar surface area (TPSA) is 84.3 Å². The molecule has 1 N–H and O–H groups in total. The maximum atomic E-state index is 15.0. The molecule has 2 heterocycles. The van der Waals surface area contributed by atoms with Gasteiger partial charge in [-0.15, -0.1) is 0 Å². The van der Waals surface area contributed by atoms with Crippen LogP contribution in [0.15, 0.2) is 30.3 Å². The quantitative estimate of drug-likeness (QED) is 0.410. The van der Waals surface area contributed by atoms with Crippen LogP contribution < -0.4 is 4.72 Å². The monoisotopic (exact) mass is 572 g/mol. The number of sulfonamides is 1. The second-order valence-electron chi connectivity index (χ2n) is 9.86. The minimum atomic E-state index is -4.48. The third-order valence-corrected chi connectivity index (χ3v) is 9.15. The molecule has 0 radical (unpaired) electrons. The van der Waals surface area contributed by atoms with Gasteiger partial charge in [0.25, 0.3) is 5.91 Å². The summed E-state index contributed by atoms with van der Waals surface area (Å²) in [5, 5.41) is 4.69. The molecule has 1 amide bonds. The largest absolute Gasteiger partial charge is 0.416 e. The van der Waals surface area contributed by atoms with E-state index in [9.17, 15) is 30.8 Å². The highest BCUT2D eigenvalue weighted by molar-refractivity contribution is 7.91. The van der Waals surface area contributed by atoms with E-state index in [4.69, 9.17) is 11.6 Å². The zero-order chi connectivity index (χ0) is 27.4. The zero-order valence-corrected chi connectivity index (χ0v) is 21.9. The number of hydrogen-bond acceptors (Lipinski definition) is 5. The number of alkyl halides is 3. The van der Waals surface area contributed by atoms with Crippen molar-refractivity contribution in [1.29, 1.82) is 0 Å². The Balaban J connectivity index is 1.32. The van der Waals surface area contributed by atoms with Crippen LogP contribution in [0.3, 0.4) is 0 Å². The van der Waals surface area contributed by atoms with Gasteiger partial charge < -0.3 is 0 Å². The van der Waals surface area contributed by atoms with E-state index >= 15 is 0 Å². The van der Waals surface area contributed by atoms with Crippen LogP contribution >= 0.6 is 11.6 Å². The molecular formula is C25H25ClF4N4O3S. The molecule has 1 aliphatic heterocycles. The molecular weight excluding hydrogens is 548 g/mol. The van der Waals surface area contributed by atoms with Gasteiger partial charge in [0.15, 0.2) is 0 Å². The third-order valence-electron chi connectivity index (χ3n) is 7.09. The second-order valence-corrected chi connectivity index (χ2v) is 12.3. The SMILES string of the molecule is Cc1nn(C2CCN(Cc3cc(Cl)ccc3C(F)(F)F)CC2)c2cc(F)c(C(=O)NS(=O)(=O)C3CC3)cc12. The van der Waals surface area contributed by atoms with Crippen LogP contribution in [-0.4, -0.2) is 47.3 Å². The number of nitrogens with zero attached hydrogens (tertiary/aromatic N) is 3. The molecule has 1 saturated heterocycles. The number of hydrogen-bond donors (Lipinski definition) is 1. The fraction of sp³-hybridized carbons (Fsp3) is 0.440. The van der Waals surface area contributed by atoms with E-state index in [1.54, 1.807) is 11.6 Å². The van der Waals surface area contributed by atoms with Gasteiger partial charge in [-0.3, -0.25) is 14.4 Å². The number of nitrogens with one attached hydrogen (secondary N) is 1. The molecule has 2 aliphatic rings. The number of halogens is 5. The number of amides is 1. The summed E-state index contributed by atoms with van der Waals surface area (Å²) in [6.07, 6.45) is -2.40. The van der Waals surface area contributed by atoms with Crippen LogP contribution in [0, 0.1) is 12.7 Å². The Bertz CT molecular complexity index is 1510. The predicted octanol–water partition coefficient (Wildman–Crippen LogP) is 5.22. The van der Waals surface area contributed by atoms with Crippen molar-refractivity contribution in [3.05, 3.63) is 63.6 Å². The van der Waals surface area contributed by atoms with Gasteiger partial charge in [0, 0.05) is 36.1 Å². The molecule has 38 heavy (non-hydrogen) atoms. The smallest absolute Gasteiger partial charge is 0.299 e. The first-order valence-electron chi connectivity index (χ1n) is 12.2. The van der Waals surface area contributed by atoms with Crippen molar-refractivity contribution in [1.82, 2.24) is 19.4 Å². The van der Waals surface area contributed by atoms with Gasteiger partial charge in [0.2, 0.25) is 10.0 Å². The number of rotatable bonds is 6. The number of fused-ring (bicyclic) bond motifs is 1. The van der Waals surface area contributed by atoms with Crippen LogP contribution in [0.4, 0.5) is 17.6 Å². The standard InChI is InChI=1S/C25H25ClF4N4O3S/c1-14-19-11-20(24(35)32-38(36,37)18-3-4-18)22(27)12-23(19)34(31-14)17-6-8-33(9-7-17)13-15-10-16(26)2-5-21(15)25(28,29)30/h2,5,10-12,17-18H,3-4,6-9,13H2,1H3,(H,32,35). The minimum absolute atomic E-state index is 0.0951. The Morgan fingerprint density at radius 3 is 2.45 bits per heavy atom. The van der Waals surface area contributed by atoms with E-state index in [0.29, 0.717) is 55.4 Å². The molecule has 5 rings (SSSR count). The lowest BCUT2D eigenvalue weighted by Gasteiger charge is -2.33. The highest BCUT2D eigenvalue weighted by Crippen LogP contribution is 2.35. The van der Waals surface area contributed by atoms with E-state index in [-0.39, 0.29) is 28.7 Å². The van der Waals surface area contributed by atoms with Gasteiger partial charge in [0.1, 0.15) is 5.82 Å². The van der Waals surface area contributed by atoms with E-state index < -0.39 is 38.7 Å². The summed E-state index contributed by atoms with van der Waals surface area (Å²) in [6, 6.07) is 5.93. The minimum Gasteiger partial charge on any atom is -0.299 e. The number of carbonyl (C=O) groups excluding carboxylic acids is 1. The van der Waals surface area contributed by atoms with Gasteiger partial charge in [0.05, 0.1) is 33.6 Å². The molecule has 7 nitrogen and oxygen atoms in total. The summed E-state index contributed by atoms with van der Waals surface area (Å²) >= 11 is 5.95. The number of aryl methyl sites for hydroxylation is 1. The fourth-order valence-electron chi connectivity index (χ4n) is 4.94. The number of benzene rings is 2. The van der Waals surface area contributed by atoms with Crippen molar-refractivity contribution in [3.63, 3.8) is 0 Å². The average Bonchev–Trinajstić information content (AvgIpc) is 3.64. The van der Waals surface area contributed by atoms with Crippen LogP contribution in [0.2, 0.25) is 5.02 Å². The number of aromatic nitrogens is 2. The lowest BCUT2D eigenvalue weighted by atomic mass is 10.0. The first-order valence-corrected chi connectivity index (χ1v) is 14.1. The Labute approximate surface area is 221 Å². The summed E-state index contributed by atoms with van der Waals surface area (Å²) in [6.45, 7) is 2.80. The third kappa shape index (κ3) is 5.39. The van der Waals surface area contributed by atoms with E-state index in [1.807, 2.05) is 9.62 Å². The first kappa shape index (κ1) is 26.9. The van der Waals surface area contributed by atoms with E-state index in [0.717, 1.165) is 6.07 Å². The van der Waals surface area contributed by atoms with Crippen molar-refractivity contribution < 1.29 is 30.8 Å². The van der Waals surface area contributed by atoms with E-state index in [2.05, 4.69) is 5.10 Å². The van der Waals surface area contributed by atoms with Gasteiger partial charge >= 0.3 is 6.18 Å². The fourth-order valence-corrected chi connectivity index (χ4v) is 6.43. The van der Waals surface area contributed by atoms with Crippen LogP contribution in [0.1, 0.15) is 58.9 Å². The maximum Gasteiger partial charge on any atom is 0.416 e. The van der Waals surface area contributed by atoms with E-state index in [1.165, 1.54) is 24.3 Å². The molecule has 0 unspecified atom stereocenters. The summed E-state index contributed by atoms with van der Waals surface area (Å²) < 4.78 is 83.2. The van der Waals surface area contributed by atoms with Crippen LogP contribution in [-0.2, 0) is 22.7 Å². The number of likely N-dealkylation sites (tertiary alicyclic amines) is 1. The zero-order valence-electron chi connectivity index (χ0n) is 20.4. The Morgan fingerprint density at radius 1 is 1.13 bits per heavy atom. The normalized spacial score (nSPS) is 17.7. The number of carbonyl (C=O) groups is 1. The first-order chi connectivity index (χ1) is 17.8. The highest BCUT2D eigenvalue weighted by atomic mass is 35.5. The average molecular weight is 573 g/mol. The van der Waals surface area contributed by atoms with Gasteiger partial charge in [-0.25, -0.2) is 17.5 Å². The molecule has 13 heteroatoms. The summed E-state index contributed by atoms with van der Waals surface area (Å²) in [4.78, 5) is 14.4. The van der Waals surface area contributed by atoms with Crippen molar-refractivity contribution in [3.8, 4) is 0 Å². The molecule has 2 fully saturated rings. The molecule has 204 valence electrons. The molecule has 2 aromatic carbocycles. The molecule has 0 bridgehead atoms. The van der Waals surface area contributed by atoms with Gasteiger partial charge in [-0.1, -0.05) is 11.6 Å². The van der Waals surface area contributed by atoms with Crippen molar-refractivity contribution >= 4 is 38.4 Å². The molecule has 1 saturated carbocycles. The van der Waals surface area contributed by atoms with Crippen molar-refractivity contribution in [2.24, 2.45) is 0 Å². The molecule has 0 spiro atoms. The lowest BCUT2D eigenvalue weighted by Crippen LogP contribution is -2.35. The van der Waals surface area contributed by atoms with Crippen LogP contribution in [0.5, 0.6) is 0 Å². The molecule has 1 aromatic heterocycles. The summed E-state index contributed by atoms with van der Waals surface area (Å²) in [5.74, 6) is -1.88. The van der Waals surface area contributed by atoms with Crippen molar-refractivity contribution in [2.75, 3.05) is 13.1 Å². The Morgan fingerprint density at radius 2 is 1.82 bits per heavy atom. The predicted molar refractivity (Wildman–Crippen MR) is 134 cm³/mol. The number of piperidine rings is 1. The van der Waals surface area contributed by atoms with Crippen molar-refractivity contribution in [2.45, 2.75) is 56.6 Å². The molecule has 0 atom stereocenters. The maximum absolute atomic E-state index is 15.0. The lowest BCUT2D eigenvalue weighted by molar-refractivity contribution is -0.138. The van der Waals surface area contributed by atoms with Crippen LogP contribution in [0.25, 0.3) is 10.9 Å². The second kappa shape index (κ2) is 9.80. The molecule has 3 aromatic rings.